The second kappa shape index (κ2) is 6.24. The minimum Gasteiger partial charge on any atom is -0.372 e. The zero-order valence-corrected chi connectivity index (χ0v) is 13.2. The molecule has 5 heteroatoms. The van der Waals surface area contributed by atoms with Crippen molar-refractivity contribution < 1.29 is 13.2 Å². The highest BCUT2D eigenvalue weighted by Gasteiger charge is 2.27. The molecule has 1 heterocycles. The van der Waals surface area contributed by atoms with E-state index in [1.54, 1.807) is 6.92 Å². The molecular weight excluding hydrogens is 274 g/mol. The molecule has 0 saturated carbocycles. The molecule has 1 aliphatic heterocycles. The number of nitrogens with one attached hydrogen (secondary N) is 1. The third-order valence-corrected chi connectivity index (χ3v) is 5.49. The van der Waals surface area contributed by atoms with Crippen LogP contribution in [0, 0.1) is 0 Å². The molecule has 0 bridgehead atoms. The fourth-order valence-electron chi connectivity index (χ4n) is 2.49. The van der Waals surface area contributed by atoms with E-state index in [4.69, 9.17) is 4.74 Å². The number of benzene rings is 1. The van der Waals surface area contributed by atoms with Gasteiger partial charge in [0.05, 0.1) is 18.5 Å². The molecular formula is C15H23NO3S. The zero-order chi connectivity index (χ0) is 14.8. The lowest BCUT2D eigenvalue weighted by Gasteiger charge is -2.25. The molecule has 1 aromatic rings. The van der Waals surface area contributed by atoms with E-state index in [-0.39, 0.29) is 6.04 Å². The van der Waals surface area contributed by atoms with Gasteiger partial charge in [-0.15, -0.1) is 0 Å². The molecule has 2 atom stereocenters. The lowest BCUT2D eigenvalue weighted by Crippen LogP contribution is -2.35. The molecule has 2 unspecified atom stereocenters. The summed E-state index contributed by atoms with van der Waals surface area (Å²) < 4.78 is 29.2. The number of fused-ring (bicyclic) bond motifs is 1. The SMILES string of the molecule is CCCNC(c1ccc2c(c1)COC2)C(C)S(C)(=O)=O. The average Bonchev–Trinajstić information content (AvgIpc) is 2.85. The molecule has 0 fully saturated rings. The molecule has 112 valence electrons. The molecule has 2 rings (SSSR count). The molecule has 0 radical (unpaired) electrons. The maximum atomic E-state index is 11.9. The summed E-state index contributed by atoms with van der Waals surface area (Å²) in [7, 11) is -3.09. The molecule has 4 nitrogen and oxygen atoms in total. The topological polar surface area (TPSA) is 55.4 Å². The summed E-state index contributed by atoms with van der Waals surface area (Å²) >= 11 is 0. The number of hydrogen-bond donors (Lipinski definition) is 1. The molecule has 0 amide bonds. The van der Waals surface area contributed by atoms with Gasteiger partial charge >= 0.3 is 0 Å². The van der Waals surface area contributed by atoms with Gasteiger partial charge in [0.2, 0.25) is 0 Å². The van der Waals surface area contributed by atoms with Crippen molar-refractivity contribution in [2.45, 2.75) is 44.8 Å². The van der Waals surface area contributed by atoms with Crippen LogP contribution in [0.1, 0.15) is 43.0 Å². The van der Waals surface area contributed by atoms with Crippen molar-refractivity contribution in [1.82, 2.24) is 5.32 Å². The Labute approximate surface area is 121 Å². The van der Waals surface area contributed by atoms with E-state index in [9.17, 15) is 8.42 Å². The Hall–Kier alpha value is -0.910. The van der Waals surface area contributed by atoms with Gasteiger partial charge in [-0.2, -0.15) is 0 Å². The van der Waals surface area contributed by atoms with Crippen LogP contribution in [0.2, 0.25) is 0 Å². The monoisotopic (exact) mass is 297 g/mol. The minimum absolute atomic E-state index is 0.171. The number of ether oxygens (including phenoxy) is 1. The number of hydrogen-bond acceptors (Lipinski definition) is 4. The Morgan fingerprint density at radius 2 is 2.00 bits per heavy atom. The van der Waals surface area contributed by atoms with E-state index in [1.165, 1.54) is 17.4 Å². The van der Waals surface area contributed by atoms with Gasteiger partial charge in [0, 0.05) is 12.3 Å². The summed E-state index contributed by atoms with van der Waals surface area (Å²) in [5, 5.41) is 2.91. The Bertz CT molecular complexity index is 568. The fraction of sp³-hybridized carbons (Fsp3) is 0.600. The normalized spacial score (nSPS) is 17.8. The van der Waals surface area contributed by atoms with Gasteiger partial charge in [0.25, 0.3) is 0 Å². The summed E-state index contributed by atoms with van der Waals surface area (Å²) in [6, 6.07) is 5.98. The van der Waals surface area contributed by atoms with Crippen LogP contribution >= 0.6 is 0 Å². The first-order chi connectivity index (χ1) is 9.43. The first kappa shape index (κ1) is 15.5. The largest absolute Gasteiger partial charge is 0.372 e. The van der Waals surface area contributed by atoms with Crippen LogP contribution in [-0.4, -0.2) is 26.5 Å². The highest BCUT2D eigenvalue weighted by atomic mass is 32.2. The van der Waals surface area contributed by atoms with Crippen LogP contribution in [0.5, 0.6) is 0 Å². The van der Waals surface area contributed by atoms with Gasteiger partial charge in [-0.1, -0.05) is 25.1 Å². The first-order valence-electron chi connectivity index (χ1n) is 7.05. The molecule has 0 aromatic heterocycles. The van der Waals surface area contributed by atoms with Crippen molar-refractivity contribution >= 4 is 9.84 Å². The van der Waals surface area contributed by atoms with Crippen molar-refractivity contribution in [3.63, 3.8) is 0 Å². The molecule has 0 spiro atoms. The van der Waals surface area contributed by atoms with Crippen LogP contribution < -0.4 is 5.32 Å². The van der Waals surface area contributed by atoms with E-state index < -0.39 is 15.1 Å². The van der Waals surface area contributed by atoms with E-state index in [0.29, 0.717) is 13.2 Å². The quantitative estimate of drug-likeness (QED) is 0.874. The van der Waals surface area contributed by atoms with Crippen molar-refractivity contribution in [2.75, 3.05) is 12.8 Å². The Morgan fingerprint density at radius 3 is 2.65 bits per heavy atom. The van der Waals surface area contributed by atoms with Crippen molar-refractivity contribution in [3.05, 3.63) is 34.9 Å². The van der Waals surface area contributed by atoms with Crippen LogP contribution in [0.15, 0.2) is 18.2 Å². The third kappa shape index (κ3) is 3.40. The maximum Gasteiger partial charge on any atom is 0.151 e. The predicted octanol–water partition coefficient (Wildman–Crippen LogP) is 2.19. The summed E-state index contributed by atoms with van der Waals surface area (Å²) in [6.07, 6.45) is 2.27. The molecule has 1 aliphatic rings. The van der Waals surface area contributed by atoms with E-state index in [1.807, 2.05) is 12.1 Å². The van der Waals surface area contributed by atoms with Crippen LogP contribution in [0.4, 0.5) is 0 Å². The summed E-state index contributed by atoms with van der Waals surface area (Å²) in [5.41, 5.74) is 3.40. The zero-order valence-electron chi connectivity index (χ0n) is 12.3. The van der Waals surface area contributed by atoms with Crippen LogP contribution in [0.25, 0.3) is 0 Å². The Kier molecular flexibility index (Phi) is 4.83. The smallest absolute Gasteiger partial charge is 0.151 e. The van der Waals surface area contributed by atoms with Gasteiger partial charge in [-0.05, 0) is 36.6 Å². The van der Waals surface area contributed by atoms with Crippen LogP contribution in [-0.2, 0) is 27.8 Å². The second-order valence-corrected chi connectivity index (χ2v) is 7.89. The lowest BCUT2D eigenvalue weighted by atomic mass is 9.99. The van der Waals surface area contributed by atoms with Gasteiger partial charge in [0.15, 0.2) is 9.84 Å². The summed E-state index contributed by atoms with van der Waals surface area (Å²) in [6.45, 7) is 5.93. The van der Waals surface area contributed by atoms with Crippen molar-refractivity contribution in [3.8, 4) is 0 Å². The van der Waals surface area contributed by atoms with Gasteiger partial charge in [-0.25, -0.2) is 8.42 Å². The van der Waals surface area contributed by atoms with Crippen molar-refractivity contribution in [1.29, 1.82) is 0 Å². The third-order valence-electron chi connectivity index (χ3n) is 3.86. The molecule has 0 aliphatic carbocycles. The summed E-state index contributed by atoms with van der Waals surface area (Å²) in [4.78, 5) is 0. The lowest BCUT2D eigenvalue weighted by molar-refractivity contribution is 0.134. The summed E-state index contributed by atoms with van der Waals surface area (Å²) in [5.74, 6) is 0. The Morgan fingerprint density at radius 1 is 1.30 bits per heavy atom. The number of sulfone groups is 1. The predicted molar refractivity (Wildman–Crippen MR) is 80.3 cm³/mol. The Balaban J connectivity index is 2.31. The highest BCUT2D eigenvalue weighted by molar-refractivity contribution is 7.91. The minimum atomic E-state index is -3.09. The molecule has 20 heavy (non-hydrogen) atoms. The molecule has 0 saturated heterocycles. The van der Waals surface area contributed by atoms with Gasteiger partial charge in [-0.3, -0.25) is 0 Å². The van der Waals surface area contributed by atoms with E-state index in [0.717, 1.165) is 18.5 Å². The maximum absolute atomic E-state index is 11.9. The number of rotatable bonds is 6. The van der Waals surface area contributed by atoms with E-state index in [2.05, 4.69) is 18.3 Å². The standard InChI is InChI=1S/C15H23NO3S/c1-4-7-16-15(11(2)20(3,17)18)12-5-6-13-9-19-10-14(13)8-12/h5-6,8,11,15-16H,4,7,9-10H2,1-3H3. The second-order valence-electron chi connectivity index (χ2n) is 5.49. The fourth-order valence-corrected chi connectivity index (χ4v) is 3.24. The molecule has 1 N–H and O–H groups in total. The highest BCUT2D eigenvalue weighted by Crippen LogP contribution is 2.27. The van der Waals surface area contributed by atoms with Crippen LogP contribution in [0.3, 0.4) is 0 Å². The first-order valence-corrected chi connectivity index (χ1v) is 9.00. The van der Waals surface area contributed by atoms with Gasteiger partial charge in [0.1, 0.15) is 0 Å². The molecule has 1 aromatic carbocycles. The average molecular weight is 297 g/mol. The van der Waals surface area contributed by atoms with Gasteiger partial charge < -0.3 is 10.1 Å². The van der Waals surface area contributed by atoms with E-state index >= 15 is 0 Å². The van der Waals surface area contributed by atoms with Crippen molar-refractivity contribution in [2.24, 2.45) is 0 Å².